The van der Waals surface area contributed by atoms with Crippen LogP contribution in [0.15, 0.2) is 18.3 Å². The fourth-order valence-electron chi connectivity index (χ4n) is 2.72. The second-order valence-corrected chi connectivity index (χ2v) is 5.77. The van der Waals surface area contributed by atoms with Crippen LogP contribution in [0.5, 0.6) is 5.88 Å². The number of carbonyl (C=O) groups excluding carboxylic acids is 1. The van der Waals surface area contributed by atoms with E-state index in [0.717, 1.165) is 32.4 Å². The maximum absolute atomic E-state index is 12.7. The lowest BCUT2D eigenvalue weighted by molar-refractivity contribution is -0.154. The normalized spacial score (nSPS) is 16.0. The third-order valence-corrected chi connectivity index (χ3v) is 3.84. The van der Waals surface area contributed by atoms with Gasteiger partial charge in [0.25, 0.3) is 5.91 Å². The summed E-state index contributed by atoms with van der Waals surface area (Å²) in [5.74, 6) is -0.286. The molecule has 0 radical (unpaired) electrons. The fraction of sp³-hybridized carbons (Fsp3) is 0.625. The van der Waals surface area contributed by atoms with Crippen LogP contribution in [0, 0.1) is 0 Å². The van der Waals surface area contributed by atoms with Gasteiger partial charge in [-0.05, 0) is 38.4 Å². The predicted octanol–water partition coefficient (Wildman–Crippen LogP) is 2.63. The Bertz CT molecular complexity index is 528. The molecule has 0 aliphatic carbocycles. The molecule has 1 aliphatic heterocycles. The summed E-state index contributed by atoms with van der Waals surface area (Å²) in [4.78, 5) is 18.4. The number of nitrogens with one attached hydrogen (secondary N) is 1. The summed E-state index contributed by atoms with van der Waals surface area (Å²) in [6, 6.07) is 2.94. The monoisotopic (exact) mass is 345 g/mol. The molecule has 1 saturated heterocycles. The molecule has 2 rings (SSSR count). The number of amides is 1. The average Bonchev–Trinajstić information content (AvgIpc) is 2.58. The van der Waals surface area contributed by atoms with Crippen LogP contribution in [0.2, 0.25) is 0 Å². The maximum Gasteiger partial charge on any atom is 0.422 e. The van der Waals surface area contributed by atoms with Crippen molar-refractivity contribution >= 4 is 5.91 Å². The van der Waals surface area contributed by atoms with E-state index < -0.39 is 12.8 Å². The molecular weight excluding hydrogens is 323 g/mol. The van der Waals surface area contributed by atoms with Gasteiger partial charge in [-0.25, -0.2) is 4.98 Å². The average molecular weight is 345 g/mol. The molecule has 1 amide bonds. The Kier molecular flexibility index (Phi) is 6.42. The van der Waals surface area contributed by atoms with Crippen LogP contribution < -0.4 is 10.1 Å². The third-order valence-electron chi connectivity index (χ3n) is 3.84. The van der Waals surface area contributed by atoms with E-state index in [0.29, 0.717) is 12.1 Å². The Balaban J connectivity index is 2.03. The smallest absolute Gasteiger partial charge is 0.422 e. The molecule has 0 atom stereocenters. The first-order valence-electron chi connectivity index (χ1n) is 8.08. The van der Waals surface area contributed by atoms with Crippen molar-refractivity contribution in [3.05, 3.63) is 23.9 Å². The fourth-order valence-corrected chi connectivity index (χ4v) is 2.72. The molecule has 24 heavy (non-hydrogen) atoms. The maximum atomic E-state index is 12.7. The molecular formula is C16H22F3N3O2. The molecule has 0 bridgehead atoms. The molecule has 2 heterocycles. The lowest BCUT2D eigenvalue weighted by Crippen LogP contribution is -2.46. The van der Waals surface area contributed by atoms with E-state index in [1.807, 2.05) is 11.8 Å². The third kappa shape index (κ3) is 5.36. The number of carbonyl (C=O) groups is 1. The van der Waals surface area contributed by atoms with Gasteiger partial charge in [0.2, 0.25) is 5.88 Å². The minimum absolute atomic E-state index is 0.140. The highest BCUT2D eigenvalue weighted by Crippen LogP contribution is 2.19. The van der Waals surface area contributed by atoms with Crippen molar-refractivity contribution in [1.82, 2.24) is 15.2 Å². The standard InChI is InChI=1S/C16H22F3N3O2/c1-2-9-22(13-5-7-20-8-6-13)15(23)12-3-4-14(21-10-12)24-11-16(17,18)19/h3-4,10,13,20H,2,5-9,11H2,1H3. The molecule has 0 saturated carbocycles. The Hall–Kier alpha value is -1.83. The summed E-state index contributed by atoms with van der Waals surface area (Å²) >= 11 is 0. The molecule has 1 fully saturated rings. The van der Waals surface area contributed by atoms with Gasteiger partial charge in [-0.2, -0.15) is 13.2 Å². The second kappa shape index (κ2) is 8.32. The van der Waals surface area contributed by atoms with Gasteiger partial charge in [0.15, 0.2) is 6.61 Å². The van der Waals surface area contributed by atoms with Crippen molar-refractivity contribution in [3.63, 3.8) is 0 Å². The zero-order valence-corrected chi connectivity index (χ0v) is 13.6. The highest BCUT2D eigenvalue weighted by Gasteiger charge is 2.29. The highest BCUT2D eigenvalue weighted by atomic mass is 19.4. The van der Waals surface area contributed by atoms with E-state index in [2.05, 4.69) is 15.0 Å². The number of piperidine rings is 1. The number of halogens is 3. The summed E-state index contributed by atoms with van der Waals surface area (Å²) in [5, 5.41) is 3.27. The molecule has 1 N–H and O–H groups in total. The van der Waals surface area contributed by atoms with Crippen molar-refractivity contribution in [2.45, 2.75) is 38.4 Å². The lowest BCUT2D eigenvalue weighted by atomic mass is 10.0. The van der Waals surface area contributed by atoms with Gasteiger partial charge in [-0.15, -0.1) is 0 Å². The van der Waals surface area contributed by atoms with Crippen LogP contribution in [0.3, 0.4) is 0 Å². The number of hydrogen-bond donors (Lipinski definition) is 1. The molecule has 0 aromatic carbocycles. The summed E-state index contributed by atoms with van der Waals surface area (Å²) < 4.78 is 40.9. The van der Waals surface area contributed by atoms with E-state index in [9.17, 15) is 18.0 Å². The van der Waals surface area contributed by atoms with Gasteiger partial charge in [0, 0.05) is 24.8 Å². The zero-order valence-electron chi connectivity index (χ0n) is 13.6. The number of rotatable bonds is 6. The van der Waals surface area contributed by atoms with Gasteiger partial charge in [-0.3, -0.25) is 4.79 Å². The van der Waals surface area contributed by atoms with E-state index in [1.54, 1.807) is 0 Å². The minimum Gasteiger partial charge on any atom is -0.468 e. The summed E-state index contributed by atoms with van der Waals surface area (Å²) in [6.07, 6.45) is -0.505. The lowest BCUT2D eigenvalue weighted by Gasteiger charge is -2.34. The Morgan fingerprint density at radius 2 is 2.08 bits per heavy atom. The molecule has 0 unspecified atom stereocenters. The zero-order chi connectivity index (χ0) is 17.6. The number of aromatic nitrogens is 1. The van der Waals surface area contributed by atoms with Crippen molar-refractivity contribution in [2.75, 3.05) is 26.2 Å². The van der Waals surface area contributed by atoms with Gasteiger partial charge >= 0.3 is 6.18 Å². The topological polar surface area (TPSA) is 54.5 Å². The van der Waals surface area contributed by atoms with Gasteiger partial charge < -0.3 is 15.0 Å². The molecule has 134 valence electrons. The molecule has 8 heteroatoms. The first kappa shape index (κ1) is 18.5. The van der Waals surface area contributed by atoms with E-state index in [1.165, 1.54) is 18.3 Å². The molecule has 1 aromatic heterocycles. The molecule has 1 aromatic rings. The van der Waals surface area contributed by atoms with Crippen LogP contribution in [0.1, 0.15) is 36.5 Å². The molecule has 5 nitrogen and oxygen atoms in total. The van der Waals surface area contributed by atoms with Crippen LogP contribution in [-0.4, -0.2) is 54.3 Å². The van der Waals surface area contributed by atoms with E-state index >= 15 is 0 Å². The Morgan fingerprint density at radius 3 is 2.62 bits per heavy atom. The van der Waals surface area contributed by atoms with Crippen molar-refractivity contribution in [1.29, 1.82) is 0 Å². The largest absolute Gasteiger partial charge is 0.468 e. The molecule has 0 spiro atoms. The summed E-state index contributed by atoms with van der Waals surface area (Å²) in [7, 11) is 0. The summed E-state index contributed by atoms with van der Waals surface area (Å²) in [6.45, 7) is 3.01. The minimum atomic E-state index is -4.41. The Morgan fingerprint density at radius 1 is 1.38 bits per heavy atom. The molecule has 1 aliphatic rings. The van der Waals surface area contributed by atoms with Crippen molar-refractivity contribution in [3.8, 4) is 5.88 Å². The van der Waals surface area contributed by atoms with E-state index in [4.69, 9.17) is 0 Å². The number of ether oxygens (including phenoxy) is 1. The van der Waals surface area contributed by atoms with Crippen LogP contribution in [0.4, 0.5) is 13.2 Å². The van der Waals surface area contributed by atoms with Gasteiger partial charge in [0.05, 0.1) is 5.56 Å². The number of pyridine rings is 1. The van der Waals surface area contributed by atoms with E-state index in [-0.39, 0.29) is 17.8 Å². The first-order valence-corrected chi connectivity index (χ1v) is 8.08. The number of hydrogen-bond acceptors (Lipinski definition) is 4. The highest BCUT2D eigenvalue weighted by molar-refractivity contribution is 5.94. The van der Waals surface area contributed by atoms with Crippen LogP contribution in [0.25, 0.3) is 0 Å². The van der Waals surface area contributed by atoms with Crippen molar-refractivity contribution < 1.29 is 22.7 Å². The Labute approximate surface area is 139 Å². The summed E-state index contributed by atoms with van der Waals surface area (Å²) in [5.41, 5.74) is 0.362. The number of alkyl halides is 3. The quantitative estimate of drug-likeness (QED) is 0.861. The van der Waals surface area contributed by atoms with Crippen molar-refractivity contribution in [2.24, 2.45) is 0 Å². The SMILES string of the molecule is CCCN(C(=O)c1ccc(OCC(F)(F)F)nc1)C1CCNCC1. The predicted molar refractivity (Wildman–Crippen MR) is 83.0 cm³/mol. The van der Waals surface area contributed by atoms with Gasteiger partial charge in [-0.1, -0.05) is 6.92 Å². The first-order chi connectivity index (χ1) is 11.4. The van der Waals surface area contributed by atoms with Gasteiger partial charge in [0.1, 0.15) is 0 Å². The number of nitrogens with zero attached hydrogens (tertiary/aromatic N) is 2. The second-order valence-electron chi connectivity index (χ2n) is 5.77. The van der Waals surface area contributed by atoms with Crippen LogP contribution >= 0.6 is 0 Å². The van der Waals surface area contributed by atoms with Crippen LogP contribution in [-0.2, 0) is 0 Å².